The van der Waals surface area contributed by atoms with Crippen LogP contribution >= 0.6 is 0 Å². The lowest BCUT2D eigenvalue weighted by molar-refractivity contribution is 0.0927. The Hall–Kier alpha value is -2.76. The Labute approximate surface area is 147 Å². The van der Waals surface area contributed by atoms with Crippen LogP contribution in [0, 0.1) is 0 Å². The third-order valence-electron chi connectivity index (χ3n) is 4.38. The topological polar surface area (TPSA) is 84.0 Å². The maximum Gasteiger partial charge on any atom is 0.253 e. The number of amides is 2. The van der Waals surface area contributed by atoms with Crippen molar-refractivity contribution < 1.29 is 9.59 Å². The molecule has 130 valence electrons. The highest BCUT2D eigenvalue weighted by Gasteiger charge is 2.17. The van der Waals surface area contributed by atoms with Gasteiger partial charge < -0.3 is 10.6 Å². The van der Waals surface area contributed by atoms with Gasteiger partial charge in [0.25, 0.3) is 11.8 Å². The van der Waals surface area contributed by atoms with E-state index in [4.69, 9.17) is 0 Å². The summed E-state index contributed by atoms with van der Waals surface area (Å²) in [4.78, 5) is 32.7. The van der Waals surface area contributed by atoms with Crippen molar-refractivity contribution in [2.75, 3.05) is 0 Å². The van der Waals surface area contributed by atoms with Crippen molar-refractivity contribution in [3.8, 4) is 0 Å². The number of nitrogens with zero attached hydrogens (tertiary/aromatic N) is 2. The number of pyridine rings is 2. The van der Waals surface area contributed by atoms with Gasteiger partial charge in [-0.25, -0.2) is 0 Å². The van der Waals surface area contributed by atoms with Gasteiger partial charge in [0.05, 0.1) is 11.1 Å². The first kappa shape index (κ1) is 17.1. The summed E-state index contributed by atoms with van der Waals surface area (Å²) in [5.41, 5.74) is 1.70. The molecule has 0 unspecified atom stereocenters. The van der Waals surface area contributed by atoms with Gasteiger partial charge in [-0.15, -0.1) is 0 Å². The van der Waals surface area contributed by atoms with Gasteiger partial charge >= 0.3 is 0 Å². The molecule has 6 nitrogen and oxygen atoms in total. The predicted octanol–water partition coefficient (Wildman–Crippen LogP) is 2.47. The molecule has 0 aromatic carbocycles. The van der Waals surface area contributed by atoms with Gasteiger partial charge in [0, 0.05) is 37.4 Å². The van der Waals surface area contributed by atoms with Crippen molar-refractivity contribution in [2.24, 2.45) is 0 Å². The van der Waals surface area contributed by atoms with Crippen LogP contribution in [0.1, 0.15) is 58.4 Å². The molecule has 1 fully saturated rings. The van der Waals surface area contributed by atoms with Crippen LogP contribution in [-0.4, -0.2) is 27.8 Å². The molecule has 0 saturated heterocycles. The molecule has 2 aromatic heterocycles. The van der Waals surface area contributed by atoms with E-state index in [1.165, 1.54) is 18.8 Å². The smallest absolute Gasteiger partial charge is 0.253 e. The molecule has 1 aliphatic carbocycles. The Kier molecular flexibility index (Phi) is 5.72. The third kappa shape index (κ3) is 4.86. The van der Waals surface area contributed by atoms with Crippen LogP contribution in [0.25, 0.3) is 0 Å². The van der Waals surface area contributed by atoms with Crippen LogP contribution in [-0.2, 0) is 6.54 Å². The number of hydrogen-bond donors (Lipinski definition) is 2. The largest absolute Gasteiger partial charge is 0.349 e. The van der Waals surface area contributed by atoms with Gasteiger partial charge in [-0.05, 0) is 30.5 Å². The molecule has 25 heavy (non-hydrogen) atoms. The van der Waals surface area contributed by atoms with Gasteiger partial charge in [-0.2, -0.15) is 0 Å². The third-order valence-corrected chi connectivity index (χ3v) is 4.38. The monoisotopic (exact) mass is 338 g/mol. The summed E-state index contributed by atoms with van der Waals surface area (Å²) >= 11 is 0. The zero-order valence-electron chi connectivity index (χ0n) is 14.1. The van der Waals surface area contributed by atoms with Gasteiger partial charge in [0.15, 0.2) is 0 Å². The van der Waals surface area contributed by atoms with Gasteiger partial charge in [-0.3, -0.25) is 19.6 Å². The Morgan fingerprint density at radius 1 is 1.00 bits per heavy atom. The van der Waals surface area contributed by atoms with Crippen LogP contribution in [0.5, 0.6) is 0 Å². The molecule has 0 atom stereocenters. The summed E-state index contributed by atoms with van der Waals surface area (Å²) in [5, 5.41) is 5.85. The molecule has 0 radical (unpaired) electrons. The second-order valence-electron chi connectivity index (χ2n) is 6.31. The maximum absolute atomic E-state index is 12.4. The highest BCUT2D eigenvalue weighted by Crippen LogP contribution is 2.18. The summed E-state index contributed by atoms with van der Waals surface area (Å²) in [6, 6.07) is 5.52. The minimum Gasteiger partial charge on any atom is -0.349 e. The van der Waals surface area contributed by atoms with Crippen molar-refractivity contribution in [3.05, 3.63) is 59.7 Å². The zero-order valence-corrected chi connectivity index (χ0v) is 14.1. The fourth-order valence-electron chi connectivity index (χ4n) is 2.99. The van der Waals surface area contributed by atoms with E-state index >= 15 is 0 Å². The number of nitrogens with one attached hydrogen (secondary N) is 2. The Balaban J connectivity index is 1.60. The molecular weight excluding hydrogens is 316 g/mol. The van der Waals surface area contributed by atoms with E-state index in [-0.39, 0.29) is 17.9 Å². The van der Waals surface area contributed by atoms with Crippen molar-refractivity contribution >= 4 is 11.8 Å². The van der Waals surface area contributed by atoms with Crippen LogP contribution < -0.4 is 10.6 Å². The lowest BCUT2D eigenvalue weighted by Gasteiger charge is -2.22. The van der Waals surface area contributed by atoms with Crippen molar-refractivity contribution in [2.45, 2.75) is 44.7 Å². The highest BCUT2D eigenvalue weighted by atomic mass is 16.2. The van der Waals surface area contributed by atoms with Crippen molar-refractivity contribution in [3.63, 3.8) is 0 Å². The number of aromatic nitrogens is 2. The zero-order chi connectivity index (χ0) is 17.5. The van der Waals surface area contributed by atoms with Gasteiger partial charge in [-0.1, -0.05) is 25.3 Å². The first-order valence-electron chi connectivity index (χ1n) is 8.65. The van der Waals surface area contributed by atoms with Crippen molar-refractivity contribution in [1.82, 2.24) is 20.6 Å². The fourth-order valence-corrected chi connectivity index (χ4v) is 2.99. The molecule has 3 rings (SSSR count). The first-order valence-corrected chi connectivity index (χ1v) is 8.65. The second kappa shape index (κ2) is 8.37. The molecule has 1 saturated carbocycles. The lowest BCUT2D eigenvalue weighted by Crippen LogP contribution is -2.36. The normalized spacial score (nSPS) is 14.7. The Morgan fingerprint density at radius 3 is 2.48 bits per heavy atom. The van der Waals surface area contributed by atoms with Gasteiger partial charge in [0.1, 0.15) is 0 Å². The predicted molar refractivity (Wildman–Crippen MR) is 94.0 cm³/mol. The number of rotatable bonds is 5. The molecule has 1 aliphatic rings. The summed E-state index contributed by atoms with van der Waals surface area (Å²) in [5.74, 6) is -0.426. The minimum atomic E-state index is -0.260. The van der Waals surface area contributed by atoms with E-state index in [9.17, 15) is 9.59 Å². The quantitative estimate of drug-likeness (QED) is 0.877. The summed E-state index contributed by atoms with van der Waals surface area (Å²) in [6.45, 7) is 0.380. The molecule has 2 heterocycles. The molecule has 2 amide bonds. The fraction of sp³-hybridized carbons (Fsp3) is 0.368. The van der Waals surface area contributed by atoms with E-state index in [2.05, 4.69) is 20.6 Å². The second-order valence-corrected chi connectivity index (χ2v) is 6.31. The van der Waals surface area contributed by atoms with Crippen LogP contribution in [0.15, 0.2) is 43.0 Å². The maximum atomic E-state index is 12.4. The standard InChI is InChI=1S/C19H22N4O2/c24-18(22-11-14-5-4-8-20-10-14)15-9-16(13-21-12-15)19(25)23-17-6-2-1-3-7-17/h4-5,8-10,12-13,17H,1-3,6-7,11H2,(H,22,24)(H,23,25). The van der Waals surface area contributed by atoms with E-state index in [0.29, 0.717) is 17.7 Å². The molecule has 2 N–H and O–H groups in total. The molecule has 0 bridgehead atoms. The SMILES string of the molecule is O=C(NCc1cccnc1)c1cncc(C(=O)NC2CCCCC2)c1. The van der Waals surface area contributed by atoms with E-state index in [1.54, 1.807) is 18.5 Å². The Morgan fingerprint density at radius 2 is 1.76 bits per heavy atom. The van der Waals surface area contributed by atoms with Crippen LogP contribution in [0.2, 0.25) is 0 Å². The highest BCUT2D eigenvalue weighted by molar-refractivity contribution is 5.99. The molecule has 2 aromatic rings. The summed E-state index contributed by atoms with van der Waals surface area (Å²) in [7, 11) is 0. The van der Waals surface area contributed by atoms with E-state index < -0.39 is 0 Å². The Bertz CT molecular complexity index is 727. The number of hydrogen-bond acceptors (Lipinski definition) is 4. The number of carbonyl (C=O) groups excluding carboxylic acids is 2. The minimum absolute atomic E-state index is 0.165. The average molecular weight is 338 g/mol. The first-order chi connectivity index (χ1) is 12.2. The van der Waals surface area contributed by atoms with Gasteiger partial charge in [0.2, 0.25) is 0 Å². The molecule has 6 heteroatoms. The average Bonchev–Trinajstić information content (AvgIpc) is 2.68. The van der Waals surface area contributed by atoms with Crippen molar-refractivity contribution in [1.29, 1.82) is 0 Å². The van der Waals surface area contributed by atoms with E-state index in [0.717, 1.165) is 31.2 Å². The molecular formula is C19H22N4O2. The number of carbonyl (C=O) groups is 2. The summed E-state index contributed by atoms with van der Waals surface area (Å²) in [6.07, 6.45) is 11.9. The van der Waals surface area contributed by atoms with Crippen LogP contribution in [0.3, 0.4) is 0 Å². The van der Waals surface area contributed by atoms with Crippen LogP contribution in [0.4, 0.5) is 0 Å². The molecule has 0 spiro atoms. The lowest BCUT2D eigenvalue weighted by atomic mass is 9.95. The molecule has 0 aliphatic heterocycles. The summed E-state index contributed by atoms with van der Waals surface area (Å²) < 4.78 is 0. The van der Waals surface area contributed by atoms with E-state index in [1.807, 2.05) is 12.1 Å².